The minimum Gasteiger partial charge on any atom is -0.481 e. The van der Waals surface area contributed by atoms with Crippen molar-refractivity contribution in [2.24, 2.45) is 9.98 Å². The van der Waals surface area contributed by atoms with Crippen LogP contribution in [0.4, 0.5) is 13.2 Å². The van der Waals surface area contributed by atoms with Gasteiger partial charge in [-0.05, 0) is 30.7 Å². The number of aliphatic imine (C=N–C) groups is 2. The zero-order chi connectivity index (χ0) is 19.9. The van der Waals surface area contributed by atoms with Crippen molar-refractivity contribution >= 4 is 12.4 Å². The third kappa shape index (κ3) is 5.91. The number of aryl methyl sites for hydroxylation is 1. The number of pyridine rings is 2. The number of aromatic nitrogens is 2. The quantitative estimate of drug-likeness (QED) is 0.563. The Hall–Kier alpha value is -3.23. The molecule has 27 heavy (non-hydrogen) atoms. The summed E-state index contributed by atoms with van der Waals surface area (Å²) in [5.41, 5.74) is 2.08. The van der Waals surface area contributed by atoms with E-state index in [0.29, 0.717) is 17.0 Å². The normalized spacial score (nSPS) is 12.7. The van der Waals surface area contributed by atoms with Crippen LogP contribution in [0, 0.1) is 6.92 Å². The second kappa shape index (κ2) is 8.93. The monoisotopic (exact) mass is 378 g/mol. The highest BCUT2D eigenvalue weighted by Crippen LogP contribution is 2.34. The van der Waals surface area contributed by atoms with E-state index in [1.807, 2.05) is 13.0 Å². The van der Waals surface area contributed by atoms with Gasteiger partial charge in [-0.2, -0.15) is 13.2 Å². The van der Waals surface area contributed by atoms with Crippen molar-refractivity contribution in [2.45, 2.75) is 13.1 Å². The van der Waals surface area contributed by atoms with Gasteiger partial charge < -0.3 is 9.47 Å². The Kier molecular flexibility index (Phi) is 6.64. The van der Waals surface area contributed by atoms with Gasteiger partial charge in [0.15, 0.2) is 5.76 Å². The highest BCUT2D eigenvalue weighted by atomic mass is 19.4. The maximum Gasteiger partial charge on any atom is 0.426 e. The van der Waals surface area contributed by atoms with E-state index in [4.69, 9.17) is 9.47 Å². The molecule has 0 aliphatic heterocycles. The first-order valence-corrected chi connectivity index (χ1v) is 7.71. The maximum atomic E-state index is 12.2. The van der Waals surface area contributed by atoms with Crippen molar-refractivity contribution in [3.63, 3.8) is 0 Å². The Morgan fingerprint density at radius 1 is 1.19 bits per heavy atom. The summed E-state index contributed by atoms with van der Waals surface area (Å²) in [6, 6.07) is 5.28. The Bertz CT molecular complexity index is 877. The molecule has 6 nitrogen and oxygen atoms in total. The lowest BCUT2D eigenvalue weighted by atomic mass is 10.1. The average molecular weight is 378 g/mol. The number of alkyl halides is 3. The smallest absolute Gasteiger partial charge is 0.426 e. The van der Waals surface area contributed by atoms with Gasteiger partial charge in [0.2, 0.25) is 11.8 Å². The predicted molar refractivity (Wildman–Crippen MR) is 96.4 cm³/mol. The van der Waals surface area contributed by atoms with Crippen LogP contribution in [0.1, 0.15) is 5.56 Å². The molecule has 0 amide bonds. The van der Waals surface area contributed by atoms with E-state index in [0.717, 1.165) is 11.8 Å². The molecule has 0 atom stereocenters. The zero-order valence-corrected chi connectivity index (χ0v) is 14.9. The number of halogens is 3. The van der Waals surface area contributed by atoms with E-state index in [1.54, 1.807) is 18.3 Å². The number of nitrogens with zero attached hydrogens (tertiary/aromatic N) is 4. The van der Waals surface area contributed by atoms with Gasteiger partial charge in [-0.25, -0.2) is 9.97 Å². The largest absolute Gasteiger partial charge is 0.481 e. The number of hydrogen-bond acceptors (Lipinski definition) is 6. The number of methoxy groups -OCH3 is 1. The molecule has 0 aliphatic rings. The lowest BCUT2D eigenvalue weighted by Crippen LogP contribution is -2.08. The summed E-state index contributed by atoms with van der Waals surface area (Å²) in [4.78, 5) is 15.3. The minimum atomic E-state index is -4.53. The second-order valence-electron chi connectivity index (χ2n) is 5.27. The molecule has 2 heterocycles. The Balaban J connectivity index is 2.44. The highest BCUT2D eigenvalue weighted by Gasteiger charge is 2.23. The summed E-state index contributed by atoms with van der Waals surface area (Å²) in [5.74, 6) is 0.498. The van der Waals surface area contributed by atoms with E-state index < -0.39 is 6.18 Å². The van der Waals surface area contributed by atoms with Crippen LogP contribution in [-0.2, 0) is 0 Å². The summed E-state index contributed by atoms with van der Waals surface area (Å²) in [6.45, 7) is 1.87. The first-order chi connectivity index (χ1) is 12.8. The molecular weight excluding hydrogens is 361 g/mol. The van der Waals surface area contributed by atoms with Crippen LogP contribution >= 0.6 is 0 Å². The fraction of sp³-hybridized carbons (Fsp3) is 0.222. The third-order valence-corrected chi connectivity index (χ3v) is 3.14. The first kappa shape index (κ1) is 20.1. The van der Waals surface area contributed by atoms with Gasteiger partial charge >= 0.3 is 6.18 Å². The van der Waals surface area contributed by atoms with Gasteiger partial charge in [-0.3, -0.25) is 9.98 Å². The molecular formula is C18H17F3N4O2. The summed E-state index contributed by atoms with van der Waals surface area (Å²) in [7, 11) is 2.94. The van der Waals surface area contributed by atoms with Gasteiger partial charge in [0, 0.05) is 30.6 Å². The Labute approximate surface area is 154 Å². The van der Waals surface area contributed by atoms with Crippen LogP contribution in [-0.4, -0.2) is 42.7 Å². The van der Waals surface area contributed by atoms with Crippen molar-refractivity contribution in [2.75, 3.05) is 14.2 Å². The van der Waals surface area contributed by atoms with Crippen molar-refractivity contribution in [1.29, 1.82) is 0 Å². The van der Waals surface area contributed by atoms with Crippen molar-refractivity contribution < 1.29 is 22.6 Å². The van der Waals surface area contributed by atoms with E-state index in [2.05, 4.69) is 20.0 Å². The average Bonchev–Trinajstić information content (AvgIpc) is 2.61. The SMILES string of the molecule is CN=C/C(=C\N=CC(F)(F)F)Oc1ncccc1-c1cc(C)cnc1OC. The summed E-state index contributed by atoms with van der Waals surface area (Å²) in [5, 5.41) is 0. The van der Waals surface area contributed by atoms with Crippen molar-refractivity contribution in [3.05, 3.63) is 48.1 Å². The van der Waals surface area contributed by atoms with Crippen LogP contribution in [0.3, 0.4) is 0 Å². The van der Waals surface area contributed by atoms with Crippen LogP contribution in [0.15, 0.2) is 52.5 Å². The van der Waals surface area contributed by atoms with Crippen LogP contribution in [0.25, 0.3) is 11.1 Å². The van der Waals surface area contributed by atoms with Gasteiger partial charge in [0.05, 0.1) is 19.5 Å². The van der Waals surface area contributed by atoms with Crippen molar-refractivity contribution in [3.8, 4) is 22.9 Å². The lowest BCUT2D eigenvalue weighted by Gasteiger charge is -2.12. The number of hydrogen-bond donors (Lipinski definition) is 0. The molecule has 0 bridgehead atoms. The topological polar surface area (TPSA) is 69.0 Å². The molecule has 0 aliphatic carbocycles. The molecule has 0 saturated heterocycles. The predicted octanol–water partition coefficient (Wildman–Crippen LogP) is 4.01. The number of rotatable bonds is 6. The second-order valence-corrected chi connectivity index (χ2v) is 5.27. The van der Waals surface area contributed by atoms with E-state index in [1.165, 1.54) is 26.6 Å². The van der Waals surface area contributed by atoms with Crippen LogP contribution in [0.2, 0.25) is 0 Å². The molecule has 9 heteroatoms. The van der Waals surface area contributed by atoms with Gasteiger partial charge in [0.1, 0.15) is 6.21 Å². The van der Waals surface area contributed by atoms with E-state index in [9.17, 15) is 13.2 Å². The number of ether oxygens (including phenoxy) is 2. The lowest BCUT2D eigenvalue weighted by molar-refractivity contribution is -0.0535. The molecule has 0 spiro atoms. The molecule has 2 aromatic heterocycles. The van der Waals surface area contributed by atoms with Crippen LogP contribution < -0.4 is 9.47 Å². The standard InChI is InChI=1S/C18H17F3N4O2/c1-12-7-15(16(26-3)25-8-12)14-5-4-6-24-17(14)27-13(9-22-2)10-23-11-18(19,20)21/h4-11H,1-3H3/b13-10+,22-9?,23-11?. The fourth-order valence-electron chi connectivity index (χ4n) is 2.11. The van der Waals surface area contributed by atoms with E-state index >= 15 is 0 Å². The minimum absolute atomic E-state index is 0.0162. The molecule has 2 aromatic rings. The highest BCUT2D eigenvalue weighted by molar-refractivity contribution is 5.79. The van der Waals surface area contributed by atoms with Crippen molar-refractivity contribution in [1.82, 2.24) is 9.97 Å². The number of allylic oxidation sites excluding steroid dienone is 1. The van der Waals surface area contributed by atoms with Gasteiger partial charge in [-0.1, -0.05) is 0 Å². The molecule has 2 rings (SSSR count). The van der Waals surface area contributed by atoms with Gasteiger partial charge in [-0.15, -0.1) is 0 Å². The molecule has 0 saturated carbocycles. The third-order valence-electron chi connectivity index (χ3n) is 3.14. The van der Waals surface area contributed by atoms with Crippen LogP contribution in [0.5, 0.6) is 11.8 Å². The molecule has 0 radical (unpaired) electrons. The van der Waals surface area contributed by atoms with E-state index in [-0.39, 0.29) is 17.9 Å². The Morgan fingerprint density at radius 3 is 2.63 bits per heavy atom. The maximum absolute atomic E-state index is 12.2. The summed E-state index contributed by atoms with van der Waals surface area (Å²) in [6.07, 6.45) is 0.616. The fourth-order valence-corrected chi connectivity index (χ4v) is 2.11. The summed E-state index contributed by atoms with van der Waals surface area (Å²) >= 11 is 0. The zero-order valence-electron chi connectivity index (χ0n) is 14.9. The first-order valence-electron chi connectivity index (χ1n) is 7.71. The molecule has 142 valence electrons. The van der Waals surface area contributed by atoms with Gasteiger partial charge in [0.25, 0.3) is 0 Å². The molecule has 0 fully saturated rings. The molecule has 0 N–H and O–H groups in total. The Morgan fingerprint density at radius 2 is 1.96 bits per heavy atom. The molecule has 0 aromatic carbocycles. The summed E-state index contributed by atoms with van der Waals surface area (Å²) < 4.78 is 47.6. The molecule has 0 unspecified atom stereocenters.